The molecule has 2 heterocycles. The number of ether oxygens (including phenoxy) is 1. The Morgan fingerprint density at radius 3 is 2.65 bits per heavy atom. The minimum absolute atomic E-state index is 0. The first-order chi connectivity index (χ1) is 10.8. The van der Waals surface area contributed by atoms with E-state index in [2.05, 4.69) is 34.4 Å². The number of morpholine rings is 1. The first kappa shape index (κ1) is 20.9. The van der Waals surface area contributed by atoms with Crippen LogP contribution in [0.4, 0.5) is 0 Å². The zero-order valence-corrected chi connectivity index (χ0v) is 17.1. The molecule has 2 N–H and O–H groups in total. The van der Waals surface area contributed by atoms with Crippen LogP contribution in [-0.2, 0) is 4.74 Å². The fraction of sp³-hybridized carbons (Fsp3) is 0.938. The van der Waals surface area contributed by atoms with Crippen molar-refractivity contribution in [3.63, 3.8) is 0 Å². The van der Waals surface area contributed by atoms with Crippen molar-refractivity contribution in [2.45, 2.75) is 32.2 Å². The SMILES string of the molecule is CCNC(=NCC1CCCN1C)NCCCN1CCOCC1.I. The van der Waals surface area contributed by atoms with E-state index in [-0.39, 0.29) is 24.0 Å². The molecule has 0 aromatic carbocycles. The van der Waals surface area contributed by atoms with Crippen molar-refractivity contribution in [1.82, 2.24) is 20.4 Å². The highest BCUT2D eigenvalue weighted by atomic mass is 127. The highest BCUT2D eigenvalue weighted by molar-refractivity contribution is 14.0. The largest absolute Gasteiger partial charge is 0.379 e. The zero-order chi connectivity index (χ0) is 15.6. The van der Waals surface area contributed by atoms with Crippen molar-refractivity contribution in [3.05, 3.63) is 0 Å². The van der Waals surface area contributed by atoms with Crippen LogP contribution >= 0.6 is 24.0 Å². The number of rotatable bonds is 7. The van der Waals surface area contributed by atoms with Gasteiger partial charge in [-0.3, -0.25) is 9.89 Å². The van der Waals surface area contributed by atoms with Gasteiger partial charge in [0.25, 0.3) is 0 Å². The van der Waals surface area contributed by atoms with E-state index in [9.17, 15) is 0 Å². The zero-order valence-electron chi connectivity index (χ0n) is 14.7. The summed E-state index contributed by atoms with van der Waals surface area (Å²) in [6.45, 7) is 11.2. The Balaban J connectivity index is 0.00000264. The summed E-state index contributed by atoms with van der Waals surface area (Å²) in [5.41, 5.74) is 0. The third-order valence-corrected chi connectivity index (χ3v) is 4.52. The molecule has 136 valence electrons. The Morgan fingerprint density at radius 1 is 1.22 bits per heavy atom. The predicted molar refractivity (Wildman–Crippen MR) is 107 cm³/mol. The molecule has 2 fully saturated rings. The van der Waals surface area contributed by atoms with Crippen LogP contribution in [-0.4, -0.2) is 87.9 Å². The third kappa shape index (κ3) is 8.00. The number of likely N-dealkylation sites (tertiary alicyclic amines) is 1. The van der Waals surface area contributed by atoms with Gasteiger partial charge in [-0.2, -0.15) is 0 Å². The maximum absolute atomic E-state index is 5.38. The van der Waals surface area contributed by atoms with Crippen molar-refractivity contribution in [2.75, 3.05) is 66.1 Å². The lowest BCUT2D eigenvalue weighted by Crippen LogP contribution is -2.41. The Kier molecular flexibility index (Phi) is 11.2. The summed E-state index contributed by atoms with van der Waals surface area (Å²) in [6, 6.07) is 0.615. The summed E-state index contributed by atoms with van der Waals surface area (Å²) < 4.78 is 5.38. The maximum Gasteiger partial charge on any atom is 0.191 e. The molecule has 0 saturated carbocycles. The molecule has 0 bridgehead atoms. The van der Waals surface area contributed by atoms with Gasteiger partial charge in [-0.1, -0.05) is 0 Å². The molecule has 2 aliphatic rings. The van der Waals surface area contributed by atoms with E-state index in [4.69, 9.17) is 9.73 Å². The quantitative estimate of drug-likeness (QED) is 0.268. The van der Waals surface area contributed by atoms with E-state index < -0.39 is 0 Å². The van der Waals surface area contributed by atoms with E-state index in [1.165, 1.54) is 19.4 Å². The highest BCUT2D eigenvalue weighted by Crippen LogP contribution is 2.14. The molecule has 2 rings (SSSR count). The molecule has 2 saturated heterocycles. The average molecular weight is 439 g/mol. The number of guanidine groups is 1. The molecule has 0 amide bonds. The summed E-state index contributed by atoms with van der Waals surface area (Å²) in [6.07, 6.45) is 3.73. The van der Waals surface area contributed by atoms with Crippen LogP contribution in [0, 0.1) is 0 Å². The van der Waals surface area contributed by atoms with Gasteiger partial charge in [-0.25, -0.2) is 0 Å². The Bertz CT molecular complexity index is 336. The topological polar surface area (TPSA) is 52.1 Å². The van der Waals surface area contributed by atoms with E-state index in [1.54, 1.807) is 0 Å². The van der Waals surface area contributed by atoms with E-state index in [0.29, 0.717) is 6.04 Å². The number of hydrogen-bond donors (Lipinski definition) is 2. The molecule has 0 spiro atoms. The second-order valence-corrected chi connectivity index (χ2v) is 6.23. The minimum Gasteiger partial charge on any atom is -0.379 e. The Labute approximate surface area is 158 Å². The first-order valence-corrected chi connectivity index (χ1v) is 8.82. The second-order valence-electron chi connectivity index (χ2n) is 6.23. The van der Waals surface area contributed by atoms with Gasteiger partial charge in [0.2, 0.25) is 0 Å². The Morgan fingerprint density at radius 2 is 2.00 bits per heavy atom. The number of nitrogens with one attached hydrogen (secondary N) is 2. The average Bonchev–Trinajstić information content (AvgIpc) is 2.95. The van der Waals surface area contributed by atoms with Gasteiger partial charge < -0.3 is 20.3 Å². The number of likely N-dealkylation sites (N-methyl/N-ethyl adjacent to an activating group) is 1. The standard InChI is InChI=1S/C16H33N5O.HI/c1-3-17-16(19-14-15-6-4-8-20(15)2)18-7-5-9-21-10-12-22-13-11-21;/h15H,3-14H2,1-2H3,(H2,17,18,19);1H. The van der Waals surface area contributed by atoms with Crippen molar-refractivity contribution in [2.24, 2.45) is 4.99 Å². The lowest BCUT2D eigenvalue weighted by Gasteiger charge is -2.26. The van der Waals surface area contributed by atoms with Gasteiger partial charge in [-0.15, -0.1) is 24.0 Å². The van der Waals surface area contributed by atoms with Crippen molar-refractivity contribution in [3.8, 4) is 0 Å². The van der Waals surface area contributed by atoms with Crippen LogP contribution in [0.5, 0.6) is 0 Å². The fourth-order valence-electron chi connectivity index (χ4n) is 3.08. The summed E-state index contributed by atoms with van der Waals surface area (Å²) in [7, 11) is 2.20. The molecular weight excluding hydrogens is 405 g/mol. The number of halogens is 1. The van der Waals surface area contributed by atoms with Crippen molar-refractivity contribution < 1.29 is 4.74 Å². The molecule has 7 heteroatoms. The molecule has 0 aliphatic carbocycles. The smallest absolute Gasteiger partial charge is 0.191 e. The van der Waals surface area contributed by atoms with Crippen LogP contribution in [0.2, 0.25) is 0 Å². The lowest BCUT2D eigenvalue weighted by atomic mass is 10.2. The van der Waals surface area contributed by atoms with E-state index >= 15 is 0 Å². The number of hydrogen-bond acceptors (Lipinski definition) is 4. The van der Waals surface area contributed by atoms with Crippen molar-refractivity contribution >= 4 is 29.9 Å². The lowest BCUT2D eigenvalue weighted by molar-refractivity contribution is 0.0376. The van der Waals surface area contributed by atoms with E-state index in [1.807, 2.05) is 0 Å². The summed E-state index contributed by atoms with van der Waals surface area (Å²) >= 11 is 0. The molecule has 23 heavy (non-hydrogen) atoms. The molecule has 0 radical (unpaired) electrons. The van der Waals surface area contributed by atoms with Crippen LogP contribution in [0.1, 0.15) is 26.2 Å². The molecule has 1 atom stereocenters. The van der Waals surface area contributed by atoms with Crippen LogP contribution in [0.15, 0.2) is 4.99 Å². The summed E-state index contributed by atoms with van der Waals surface area (Å²) in [5.74, 6) is 0.963. The van der Waals surface area contributed by atoms with Gasteiger partial charge in [0.05, 0.1) is 19.8 Å². The van der Waals surface area contributed by atoms with Gasteiger partial charge >= 0.3 is 0 Å². The van der Waals surface area contributed by atoms with Crippen LogP contribution < -0.4 is 10.6 Å². The first-order valence-electron chi connectivity index (χ1n) is 8.82. The number of aliphatic imine (C=N–C) groups is 1. The summed E-state index contributed by atoms with van der Waals surface area (Å²) in [5, 5.41) is 6.81. The molecule has 0 aromatic heterocycles. The monoisotopic (exact) mass is 439 g/mol. The van der Waals surface area contributed by atoms with Crippen LogP contribution in [0.3, 0.4) is 0 Å². The van der Waals surface area contributed by atoms with Crippen LogP contribution in [0.25, 0.3) is 0 Å². The van der Waals surface area contributed by atoms with Gasteiger partial charge in [-0.05, 0) is 46.3 Å². The maximum atomic E-state index is 5.38. The Hall–Kier alpha value is -0.120. The normalized spacial score (nSPS) is 23.6. The molecular formula is C16H34IN5O. The molecule has 1 unspecified atom stereocenters. The van der Waals surface area contributed by atoms with Gasteiger partial charge in [0.1, 0.15) is 0 Å². The van der Waals surface area contributed by atoms with E-state index in [0.717, 1.165) is 64.9 Å². The molecule has 6 nitrogen and oxygen atoms in total. The van der Waals surface area contributed by atoms with Gasteiger partial charge in [0.15, 0.2) is 5.96 Å². The van der Waals surface area contributed by atoms with Gasteiger partial charge in [0, 0.05) is 32.2 Å². The fourth-order valence-corrected chi connectivity index (χ4v) is 3.08. The molecule has 2 aliphatic heterocycles. The summed E-state index contributed by atoms with van der Waals surface area (Å²) in [4.78, 5) is 9.65. The molecule has 0 aromatic rings. The predicted octanol–water partition coefficient (Wildman–Crippen LogP) is 0.976. The highest BCUT2D eigenvalue weighted by Gasteiger charge is 2.20. The third-order valence-electron chi connectivity index (χ3n) is 4.52. The minimum atomic E-state index is 0. The number of nitrogens with zero attached hydrogens (tertiary/aromatic N) is 3. The second kappa shape index (κ2) is 12.3. The van der Waals surface area contributed by atoms with Crippen molar-refractivity contribution in [1.29, 1.82) is 0 Å².